The normalized spacial score (nSPS) is 17.1. The summed E-state index contributed by atoms with van der Waals surface area (Å²) in [6.45, 7) is 1.01. The SMILES string of the molecule is O=C(C1Cc2ccccc2O1)N(CCCl)CCCl. The number of nitrogens with zero attached hydrogens (tertiary/aromatic N) is 1. The number of carbonyl (C=O) groups is 1. The summed E-state index contributed by atoms with van der Waals surface area (Å²) in [5.41, 5.74) is 1.08. The minimum Gasteiger partial charge on any atom is -0.480 e. The Hall–Kier alpha value is -0.930. The summed E-state index contributed by atoms with van der Waals surface area (Å²) >= 11 is 11.4. The third-order valence-corrected chi connectivity index (χ3v) is 3.28. The number of ether oxygens (including phenoxy) is 1. The largest absolute Gasteiger partial charge is 0.480 e. The maximum absolute atomic E-state index is 12.3. The van der Waals surface area contributed by atoms with Crippen molar-refractivity contribution in [1.82, 2.24) is 4.90 Å². The number of carbonyl (C=O) groups excluding carboxylic acids is 1. The van der Waals surface area contributed by atoms with Gasteiger partial charge in [-0.15, -0.1) is 23.2 Å². The molecule has 5 heteroatoms. The fourth-order valence-corrected chi connectivity index (χ4v) is 2.47. The van der Waals surface area contributed by atoms with Crippen LogP contribution in [0.4, 0.5) is 0 Å². The quantitative estimate of drug-likeness (QED) is 0.778. The molecule has 0 fully saturated rings. The van der Waals surface area contributed by atoms with Crippen LogP contribution < -0.4 is 4.74 Å². The van der Waals surface area contributed by atoms with E-state index in [1.54, 1.807) is 4.90 Å². The van der Waals surface area contributed by atoms with Crippen LogP contribution >= 0.6 is 23.2 Å². The number of alkyl halides is 2. The van der Waals surface area contributed by atoms with Crippen molar-refractivity contribution in [3.8, 4) is 5.75 Å². The molecule has 98 valence electrons. The molecular formula is C13H15Cl2NO2. The Kier molecular flexibility index (Phi) is 4.72. The van der Waals surface area contributed by atoms with E-state index in [1.807, 2.05) is 24.3 Å². The van der Waals surface area contributed by atoms with Crippen molar-refractivity contribution in [2.24, 2.45) is 0 Å². The van der Waals surface area contributed by atoms with Crippen LogP contribution in [-0.4, -0.2) is 41.8 Å². The molecule has 1 unspecified atom stereocenters. The Morgan fingerprint density at radius 1 is 1.28 bits per heavy atom. The summed E-state index contributed by atoms with van der Waals surface area (Å²) < 4.78 is 5.66. The molecule has 0 spiro atoms. The first-order valence-electron chi connectivity index (χ1n) is 5.91. The van der Waals surface area contributed by atoms with Crippen molar-refractivity contribution in [2.45, 2.75) is 12.5 Å². The molecule has 0 bridgehead atoms. The van der Waals surface area contributed by atoms with Crippen molar-refractivity contribution in [3.05, 3.63) is 29.8 Å². The Balaban J connectivity index is 2.03. The average molecular weight is 288 g/mol. The molecule has 1 aromatic rings. The first kappa shape index (κ1) is 13.5. The molecule has 0 saturated heterocycles. The number of hydrogen-bond donors (Lipinski definition) is 0. The molecule has 0 saturated carbocycles. The number of amides is 1. The zero-order valence-corrected chi connectivity index (χ0v) is 11.5. The summed E-state index contributed by atoms with van der Waals surface area (Å²) in [6.07, 6.45) is 0.185. The molecular weight excluding hydrogens is 273 g/mol. The van der Waals surface area contributed by atoms with Gasteiger partial charge in [-0.3, -0.25) is 4.79 Å². The van der Waals surface area contributed by atoms with Gasteiger partial charge in [-0.1, -0.05) is 18.2 Å². The van der Waals surface area contributed by atoms with Crippen LogP contribution in [0.25, 0.3) is 0 Å². The number of halogens is 2. The van der Waals surface area contributed by atoms with Gasteiger partial charge in [0, 0.05) is 31.3 Å². The van der Waals surface area contributed by atoms with E-state index in [-0.39, 0.29) is 5.91 Å². The number of benzene rings is 1. The van der Waals surface area contributed by atoms with Crippen LogP contribution in [-0.2, 0) is 11.2 Å². The van der Waals surface area contributed by atoms with Crippen molar-refractivity contribution in [3.63, 3.8) is 0 Å². The van der Waals surface area contributed by atoms with Crippen LogP contribution in [0.3, 0.4) is 0 Å². The average Bonchev–Trinajstić information content (AvgIpc) is 2.81. The fraction of sp³-hybridized carbons (Fsp3) is 0.462. The summed E-state index contributed by atoms with van der Waals surface area (Å²) in [5.74, 6) is 1.57. The Bertz CT molecular complexity index is 394. The monoisotopic (exact) mass is 287 g/mol. The lowest BCUT2D eigenvalue weighted by molar-refractivity contribution is -0.137. The molecule has 1 atom stereocenters. The molecule has 1 aliphatic heterocycles. The highest BCUT2D eigenvalue weighted by atomic mass is 35.5. The standard InChI is InChI=1S/C13H15Cl2NO2/c14-5-7-16(8-6-15)13(17)12-9-10-3-1-2-4-11(10)18-12/h1-4,12H,5-9H2. The van der Waals surface area contributed by atoms with Crippen molar-refractivity contribution in [2.75, 3.05) is 24.8 Å². The minimum absolute atomic E-state index is 0.0347. The Morgan fingerprint density at radius 3 is 2.56 bits per heavy atom. The summed E-state index contributed by atoms with van der Waals surface area (Å²) in [4.78, 5) is 13.9. The first-order valence-corrected chi connectivity index (χ1v) is 6.98. The number of para-hydroxylation sites is 1. The van der Waals surface area contributed by atoms with Crippen LogP contribution in [0, 0.1) is 0 Å². The Labute approximate surface area is 117 Å². The zero-order chi connectivity index (χ0) is 13.0. The van der Waals surface area contributed by atoms with Gasteiger partial charge in [0.15, 0.2) is 6.10 Å². The van der Waals surface area contributed by atoms with E-state index in [0.717, 1.165) is 11.3 Å². The van der Waals surface area contributed by atoms with Crippen LogP contribution in [0.1, 0.15) is 5.56 Å². The molecule has 1 amide bonds. The van der Waals surface area contributed by atoms with E-state index in [0.29, 0.717) is 31.3 Å². The third-order valence-electron chi connectivity index (χ3n) is 2.94. The number of fused-ring (bicyclic) bond motifs is 1. The molecule has 0 N–H and O–H groups in total. The van der Waals surface area contributed by atoms with E-state index in [9.17, 15) is 4.79 Å². The van der Waals surface area contributed by atoms with Crippen molar-refractivity contribution >= 4 is 29.1 Å². The highest BCUT2D eigenvalue weighted by Crippen LogP contribution is 2.28. The van der Waals surface area contributed by atoms with Crippen molar-refractivity contribution < 1.29 is 9.53 Å². The van der Waals surface area contributed by atoms with E-state index < -0.39 is 6.10 Å². The molecule has 1 heterocycles. The van der Waals surface area contributed by atoms with Gasteiger partial charge < -0.3 is 9.64 Å². The summed E-state index contributed by atoms with van der Waals surface area (Å²) in [6, 6.07) is 7.72. The molecule has 3 nitrogen and oxygen atoms in total. The van der Waals surface area contributed by atoms with Gasteiger partial charge in [-0.05, 0) is 11.6 Å². The second-order valence-corrected chi connectivity index (χ2v) is 4.88. The first-order chi connectivity index (χ1) is 8.76. The number of rotatable bonds is 5. The molecule has 1 aromatic carbocycles. The predicted molar refractivity (Wildman–Crippen MR) is 72.6 cm³/mol. The van der Waals surface area contributed by atoms with Gasteiger partial charge in [0.05, 0.1) is 0 Å². The van der Waals surface area contributed by atoms with E-state index in [4.69, 9.17) is 27.9 Å². The summed E-state index contributed by atoms with van der Waals surface area (Å²) in [5, 5.41) is 0. The van der Waals surface area contributed by atoms with Crippen molar-refractivity contribution in [1.29, 1.82) is 0 Å². The van der Waals surface area contributed by atoms with Crippen LogP contribution in [0.2, 0.25) is 0 Å². The van der Waals surface area contributed by atoms with Gasteiger partial charge >= 0.3 is 0 Å². The number of hydrogen-bond acceptors (Lipinski definition) is 2. The van der Waals surface area contributed by atoms with Gasteiger partial charge in [0.1, 0.15) is 5.75 Å². The predicted octanol–water partition coefficient (Wildman–Crippen LogP) is 2.30. The van der Waals surface area contributed by atoms with E-state index in [1.165, 1.54) is 0 Å². The third kappa shape index (κ3) is 2.90. The minimum atomic E-state index is -0.436. The second kappa shape index (κ2) is 6.30. The smallest absolute Gasteiger partial charge is 0.264 e. The van der Waals surface area contributed by atoms with Crippen LogP contribution in [0.5, 0.6) is 5.75 Å². The molecule has 1 aliphatic rings. The topological polar surface area (TPSA) is 29.5 Å². The van der Waals surface area contributed by atoms with Gasteiger partial charge in [-0.2, -0.15) is 0 Å². The van der Waals surface area contributed by atoms with Gasteiger partial charge in [0.25, 0.3) is 5.91 Å². The second-order valence-electron chi connectivity index (χ2n) is 4.12. The van der Waals surface area contributed by atoms with E-state index >= 15 is 0 Å². The Morgan fingerprint density at radius 2 is 1.94 bits per heavy atom. The molecule has 0 aromatic heterocycles. The summed E-state index contributed by atoms with van der Waals surface area (Å²) in [7, 11) is 0. The fourth-order valence-electron chi connectivity index (χ4n) is 2.06. The lowest BCUT2D eigenvalue weighted by Gasteiger charge is -2.23. The zero-order valence-electron chi connectivity index (χ0n) is 9.94. The van der Waals surface area contributed by atoms with Crippen LogP contribution in [0.15, 0.2) is 24.3 Å². The molecule has 0 radical (unpaired) electrons. The lowest BCUT2D eigenvalue weighted by Crippen LogP contribution is -2.43. The lowest BCUT2D eigenvalue weighted by atomic mass is 10.1. The highest BCUT2D eigenvalue weighted by molar-refractivity contribution is 6.18. The molecule has 18 heavy (non-hydrogen) atoms. The highest BCUT2D eigenvalue weighted by Gasteiger charge is 2.31. The van der Waals surface area contributed by atoms with Gasteiger partial charge in [-0.25, -0.2) is 0 Å². The molecule has 2 rings (SSSR count). The maximum atomic E-state index is 12.3. The van der Waals surface area contributed by atoms with E-state index in [2.05, 4.69) is 0 Å². The van der Waals surface area contributed by atoms with Gasteiger partial charge in [0.2, 0.25) is 0 Å². The maximum Gasteiger partial charge on any atom is 0.264 e. The molecule has 0 aliphatic carbocycles.